The molecule has 0 saturated carbocycles. The van der Waals surface area contributed by atoms with Crippen LogP contribution in [-0.2, 0) is 4.79 Å². The SMILES string of the molecule is CC(C)C(CO)C(=O)N(C)c1cc(Br)ccc1F. The molecule has 100 valence electrons. The molecule has 1 N–H and O–H groups in total. The number of anilines is 1. The average molecular weight is 318 g/mol. The average Bonchev–Trinajstić information content (AvgIpc) is 2.31. The van der Waals surface area contributed by atoms with E-state index in [2.05, 4.69) is 15.9 Å². The fourth-order valence-corrected chi connectivity index (χ4v) is 2.03. The Kier molecular flexibility index (Phi) is 5.28. The number of benzene rings is 1. The molecule has 0 spiro atoms. The minimum absolute atomic E-state index is 0.000152. The fraction of sp³-hybridized carbons (Fsp3) is 0.462. The van der Waals surface area contributed by atoms with Crippen molar-refractivity contribution in [3.8, 4) is 0 Å². The lowest BCUT2D eigenvalue weighted by atomic mass is 9.95. The molecule has 1 atom stereocenters. The van der Waals surface area contributed by atoms with Crippen LogP contribution < -0.4 is 4.90 Å². The Morgan fingerprint density at radius 1 is 1.50 bits per heavy atom. The highest BCUT2D eigenvalue weighted by atomic mass is 79.9. The number of carbonyl (C=O) groups is 1. The second-order valence-electron chi connectivity index (χ2n) is 4.53. The molecule has 1 unspecified atom stereocenters. The molecule has 1 aromatic carbocycles. The van der Waals surface area contributed by atoms with Crippen molar-refractivity contribution in [2.75, 3.05) is 18.6 Å². The predicted molar refractivity (Wildman–Crippen MR) is 72.9 cm³/mol. The van der Waals surface area contributed by atoms with Crippen molar-refractivity contribution in [1.82, 2.24) is 0 Å². The zero-order valence-corrected chi connectivity index (χ0v) is 12.2. The van der Waals surface area contributed by atoms with E-state index in [0.29, 0.717) is 4.47 Å². The van der Waals surface area contributed by atoms with Gasteiger partial charge in [0.2, 0.25) is 5.91 Å². The maximum absolute atomic E-state index is 13.7. The van der Waals surface area contributed by atoms with Crippen molar-refractivity contribution < 1.29 is 14.3 Å². The van der Waals surface area contributed by atoms with Gasteiger partial charge in [0.15, 0.2) is 0 Å². The van der Waals surface area contributed by atoms with Gasteiger partial charge in [0.25, 0.3) is 0 Å². The summed E-state index contributed by atoms with van der Waals surface area (Å²) in [7, 11) is 1.51. The molecule has 3 nitrogen and oxygen atoms in total. The first-order chi connectivity index (χ1) is 8.38. The molecule has 0 aliphatic rings. The number of aliphatic hydroxyl groups excluding tert-OH is 1. The smallest absolute Gasteiger partial charge is 0.232 e. The minimum atomic E-state index is -0.520. The standard InChI is InChI=1S/C13H17BrFNO2/c1-8(2)10(7-17)13(18)16(3)12-6-9(14)4-5-11(12)15/h4-6,8,10,17H,7H2,1-3H3. The van der Waals surface area contributed by atoms with E-state index in [1.54, 1.807) is 12.1 Å². The van der Waals surface area contributed by atoms with Crippen LogP contribution in [0.5, 0.6) is 0 Å². The van der Waals surface area contributed by atoms with Crippen LogP contribution in [0.25, 0.3) is 0 Å². The number of hydrogen-bond donors (Lipinski definition) is 1. The molecular formula is C13H17BrFNO2. The van der Waals surface area contributed by atoms with Crippen molar-refractivity contribution in [3.63, 3.8) is 0 Å². The predicted octanol–water partition coefficient (Wildman–Crippen LogP) is 2.82. The lowest BCUT2D eigenvalue weighted by Crippen LogP contribution is -2.37. The van der Waals surface area contributed by atoms with E-state index in [1.807, 2.05) is 13.8 Å². The molecule has 5 heteroatoms. The maximum Gasteiger partial charge on any atom is 0.232 e. The van der Waals surface area contributed by atoms with Gasteiger partial charge in [-0.3, -0.25) is 4.79 Å². The first-order valence-corrected chi connectivity index (χ1v) is 6.51. The van der Waals surface area contributed by atoms with E-state index in [-0.39, 0.29) is 24.1 Å². The van der Waals surface area contributed by atoms with Gasteiger partial charge in [-0.25, -0.2) is 4.39 Å². The highest BCUT2D eigenvalue weighted by molar-refractivity contribution is 9.10. The van der Waals surface area contributed by atoms with E-state index in [0.717, 1.165) is 0 Å². The molecule has 0 aliphatic carbocycles. The lowest BCUT2D eigenvalue weighted by molar-refractivity contribution is -0.124. The summed E-state index contributed by atoms with van der Waals surface area (Å²) in [6, 6.07) is 4.41. The first kappa shape index (κ1) is 15.1. The molecule has 0 radical (unpaired) electrons. The van der Waals surface area contributed by atoms with Gasteiger partial charge in [0, 0.05) is 11.5 Å². The van der Waals surface area contributed by atoms with E-state index in [1.165, 1.54) is 18.0 Å². The Hall–Kier alpha value is -0.940. The highest BCUT2D eigenvalue weighted by Crippen LogP contribution is 2.25. The van der Waals surface area contributed by atoms with Gasteiger partial charge in [0.05, 0.1) is 18.2 Å². The van der Waals surface area contributed by atoms with Gasteiger partial charge in [-0.15, -0.1) is 0 Å². The van der Waals surface area contributed by atoms with Crippen molar-refractivity contribution in [2.24, 2.45) is 11.8 Å². The van der Waals surface area contributed by atoms with Gasteiger partial charge in [-0.2, -0.15) is 0 Å². The summed E-state index contributed by atoms with van der Waals surface area (Å²) in [6.07, 6.45) is 0. The van der Waals surface area contributed by atoms with Crippen molar-refractivity contribution in [2.45, 2.75) is 13.8 Å². The Labute approximate surface area is 115 Å². The number of amides is 1. The second kappa shape index (κ2) is 6.29. The second-order valence-corrected chi connectivity index (χ2v) is 5.44. The molecule has 1 rings (SSSR count). The van der Waals surface area contributed by atoms with Gasteiger partial charge >= 0.3 is 0 Å². The fourth-order valence-electron chi connectivity index (χ4n) is 1.68. The molecule has 1 aromatic rings. The Bertz CT molecular complexity index is 437. The zero-order chi connectivity index (χ0) is 13.9. The number of nitrogens with zero attached hydrogens (tertiary/aromatic N) is 1. The quantitative estimate of drug-likeness (QED) is 0.927. The topological polar surface area (TPSA) is 40.5 Å². The largest absolute Gasteiger partial charge is 0.396 e. The van der Waals surface area contributed by atoms with E-state index >= 15 is 0 Å². The van der Waals surface area contributed by atoms with Crippen molar-refractivity contribution >= 4 is 27.5 Å². The van der Waals surface area contributed by atoms with Gasteiger partial charge in [-0.1, -0.05) is 29.8 Å². The third-order valence-electron chi connectivity index (χ3n) is 2.92. The van der Waals surface area contributed by atoms with E-state index in [9.17, 15) is 14.3 Å². The number of carbonyl (C=O) groups excluding carboxylic acids is 1. The Morgan fingerprint density at radius 2 is 2.11 bits per heavy atom. The molecular weight excluding hydrogens is 301 g/mol. The number of aliphatic hydroxyl groups is 1. The lowest BCUT2D eigenvalue weighted by Gasteiger charge is -2.25. The number of halogens is 2. The molecule has 0 heterocycles. The summed E-state index contributed by atoms with van der Waals surface area (Å²) in [5.41, 5.74) is 0.202. The molecule has 1 amide bonds. The van der Waals surface area contributed by atoms with Gasteiger partial charge < -0.3 is 10.0 Å². The van der Waals surface area contributed by atoms with Gasteiger partial charge in [0.1, 0.15) is 5.82 Å². The summed E-state index contributed by atoms with van der Waals surface area (Å²) in [6.45, 7) is 3.46. The van der Waals surface area contributed by atoms with Gasteiger partial charge in [-0.05, 0) is 24.1 Å². The first-order valence-electron chi connectivity index (χ1n) is 5.72. The molecule has 0 saturated heterocycles. The normalized spacial score (nSPS) is 12.6. The van der Waals surface area contributed by atoms with Crippen LogP contribution in [-0.4, -0.2) is 24.7 Å². The third-order valence-corrected chi connectivity index (χ3v) is 3.41. The third kappa shape index (κ3) is 3.29. The number of hydrogen-bond acceptors (Lipinski definition) is 2. The molecule has 0 fully saturated rings. The van der Waals surface area contributed by atoms with Crippen LogP contribution in [0.1, 0.15) is 13.8 Å². The Balaban J connectivity index is 3.02. The summed E-state index contributed by atoms with van der Waals surface area (Å²) in [4.78, 5) is 13.4. The maximum atomic E-state index is 13.7. The van der Waals surface area contributed by atoms with Crippen LogP contribution in [0.4, 0.5) is 10.1 Å². The van der Waals surface area contributed by atoms with Crippen LogP contribution >= 0.6 is 15.9 Å². The van der Waals surface area contributed by atoms with Crippen LogP contribution in [0.3, 0.4) is 0 Å². The minimum Gasteiger partial charge on any atom is -0.396 e. The Morgan fingerprint density at radius 3 is 2.61 bits per heavy atom. The highest BCUT2D eigenvalue weighted by Gasteiger charge is 2.26. The van der Waals surface area contributed by atoms with E-state index in [4.69, 9.17) is 0 Å². The van der Waals surface area contributed by atoms with E-state index < -0.39 is 11.7 Å². The number of rotatable bonds is 4. The van der Waals surface area contributed by atoms with Crippen LogP contribution in [0.15, 0.2) is 22.7 Å². The summed E-state index contributed by atoms with van der Waals surface area (Å²) >= 11 is 3.24. The summed E-state index contributed by atoms with van der Waals surface area (Å²) in [5, 5.41) is 9.24. The van der Waals surface area contributed by atoms with Crippen LogP contribution in [0, 0.1) is 17.7 Å². The molecule has 0 bridgehead atoms. The summed E-state index contributed by atoms with van der Waals surface area (Å²) < 4.78 is 14.4. The molecule has 18 heavy (non-hydrogen) atoms. The monoisotopic (exact) mass is 317 g/mol. The van der Waals surface area contributed by atoms with Crippen LogP contribution in [0.2, 0.25) is 0 Å². The zero-order valence-electron chi connectivity index (χ0n) is 10.7. The molecule has 0 aliphatic heterocycles. The van der Waals surface area contributed by atoms with Crippen molar-refractivity contribution in [3.05, 3.63) is 28.5 Å². The molecule has 0 aromatic heterocycles. The van der Waals surface area contributed by atoms with Crippen molar-refractivity contribution in [1.29, 1.82) is 0 Å². The summed E-state index contributed by atoms with van der Waals surface area (Å²) in [5.74, 6) is -1.27.